The number of alkyl halides is 1. The summed E-state index contributed by atoms with van der Waals surface area (Å²) in [7, 11) is 2.10. The third-order valence-electron chi connectivity index (χ3n) is 3.52. The van der Waals surface area contributed by atoms with Gasteiger partial charge in [-0.05, 0) is 33.7 Å². The van der Waals surface area contributed by atoms with Gasteiger partial charge in [0.05, 0.1) is 9.97 Å². The molecule has 0 aromatic carbocycles. The molecule has 0 spiro atoms. The zero-order chi connectivity index (χ0) is 10.8. The van der Waals surface area contributed by atoms with Crippen molar-refractivity contribution in [2.75, 3.05) is 11.5 Å². The van der Waals surface area contributed by atoms with E-state index in [-0.39, 0.29) is 5.54 Å². The van der Waals surface area contributed by atoms with Crippen molar-refractivity contribution in [1.82, 2.24) is 4.90 Å². The Morgan fingerprint density at radius 3 is 2.29 bits per heavy atom. The normalized spacial score (nSPS) is 20.7. The zero-order valence-corrected chi connectivity index (χ0v) is 11.5. The smallest absolute Gasteiger partial charge is 0.162 e. The molecule has 0 aromatic heterocycles. The molecule has 0 aliphatic heterocycles. The van der Waals surface area contributed by atoms with Gasteiger partial charge in [0.25, 0.3) is 0 Å². The number of nitrogens with zero attached hydrogens (tertiary/aromatic N) is 1. The largest absolute Gasteiger partial charge is 0.297 e. The minimum absolute atomic E-state index is 0.130. The summed E-state index contributed by atoms with van der Waals surface area (Å²) in [5.74, 6) is 0.423. The molecule has 0 saturated heterocycles. The van der Waals surface area contributed by atoms with Crippen LogP contribution in [0, 0.1) is 0 Å². The molecular weight excluding hydrogens is 289 g/mol. The maximum absolute atomic E-state index is 12.0. The SMILES string of the molecule is CC(C)N(C)C1(C(=O)CI)CCCC1. The number of hydrogen-bond donors (Lipinski definition) is 0. The minimum Gasteiger partial charge on any atom is -0.297 e. The molecule has 82 valence electrons. The van der Waals surface area contributed by atoms with E-state index in [9.17, 15) is 4.79 Å². The molecular formula is C11H20INO. The maximum Gasteiger partial charge on any atom is 0.162 e. The second-order valence-electron chi connectivity index (χ2n) is 4.50. The van der Waals surface area contributed by atoms with Gasteiger partial charge in [0.15, 0.2) is 5.78 Å². The molecule has 0 radical (unpaired) electrons. The Bertz CT molecular complexity index is 209. The highest BCUT2D eigenvalue weighted by molar-refractivity contribution is 14.1. The fourth-order valence-electron chi connectivity index (χ4n) is 2.41. The third-order valence-corrected chi connectivity index (χ3v) is 4.21. The lowest BCUT2D eigenvalue weighted by molar-refractivity contribution is -0.128. The zero-order valence-electron chi connectivity index (χ0n) is 9.35. The van der Waals surface area contributed by atoms with Gasteiger partial charge in [-0.15, -0.1) is 0 Å². The molecule has 0 bridgehead atoms. The van der Waals surface area contributed by atoms with Crippen molar-refractivity contribution in [2.45, 2.75) is 51.1 Å². The first kappa shape index (κ1) is 12.4. The fraction of sp³-hybridized carbons (Fsp3) is 0.909. The van der Waals surface area contributed by atoms with E-state index in [1.54, 1.807) is 0 Å². The molecule has 1 fully saturated rings. The Hall–Kier alpha value is 0.360. The topological polar surface area (TPSA) is 20.3 Å². The van der Waals surface area contributed by atoms with Crippen LogP contribution in [0.4, 0.5) is 0 Å². The van der Waals surface area contributed by atoms with Gasteiger partial charge in [-0.1, -0.05) is 35.4 Å². The van der Waals surface area contributed by atoms with Crippen LogP contribution in [0.2, 0.25) is 0 Å². The van der Waals surface area contributed by atoms with Crippen LogP contribution in [0.25, 0.3) is 0 Å². The molecule has 0 unspecified atom stereocenters. The van der Waals surface area contributed by atoms with Crippen molar-refractivity contribution < 1.29 is 4.79 Å². The summed E-state index contributed by atoms with van der Waals surface area (Å²) < 4.78 is 0.648. The van der Waals surface area contributed by atoms with Crippen LogP contribution < -0.4 is 0 Å². The van der Waals surface area contributed by atoms with Gasteiger partial charge in [-0.2, -0.15) is 0 Å². The van der Waals surface area contributed by atoms with Crippen LogP contribution in [0.1, 0.15) is 39.5 Å². The summed E-state index contributed by atoms with van der Waals surface area (Å²) in [6.07, 6.45) is 4.53. The minimum atomic E-state index is -0.130. The Kier molecular flexibility index (Phi) is 4.37. The molecule has 1 aliphatic rings. The molecule has 1 saturated carbocycles. The van der Waals surface area contributed by atoms with E-state index >= 15 is 0 Å². The summed E-state index contributed by atoms with van der Waals surface area (Å²) in [5, 5.41) is 0. The van der Waals surface area contributed by atoms with E-state index in [2.05, 4.69) is 48.4 Å². The molecule has 0 N–H and O–H groups in total. The molecule has 0 amide bonds. The first-order valence-corrected chi connectivity index (χ1v) is 6.89. The monoisotopic (exact) mass is 309 g/mol. The van der Waals surface area contributed by atoms with Gasteiger partial charge >= 0.3 is 0 Å². The molecule has 1 aliphatic carbocycles. The van der Waals surface area contributed by atoms with E-state index in [1.165, 1.54) is 12.8 Å². The second kappa shape index (κ2) is 4.92. The van der Waals surface area contributed by atoms with Crippen molar-refractivity contribution in [1.29, 1.82) is 0 Å². The van der Waals surface area contributed by atoms with E-state index in [4.69, 9.17) is 0 Å². The fourth-order valence-corrected chi connectivity index (χ4v) is 3.12. The molecule has 0 heterocycles. The summed E-state index contributed by atoms with van der Waals surface area (Å²) in [4.78, 5) is 14.3. The third kappa shape index (κ3) is 2.13. The van der Waals surface area contributed by atoms with Crippen molar-refractivity contribution in [3.05, 3.63) is 0 Å². The summed E-state index contributed by atoms with van der Waals surface area (Å²) >= 11 is 2.19. The van der Waals surface area contributed by atoms with Crippen molar-refractivity contribution >= 4 is 28.4 Å². The predicted octanol–water partition coefficient (Wildman–Crippen LogP) is 2.64. The van der Waals surface area contributed by atoms with Gasteiger partial charge in [0.1, 0.15) is 0 Å². The highest BCUT2D eigenvalue weighted by Crippen LogP contribution is 2.36. The molecule has 14 heavy (non-hydrogen) atoms. The van der Waals surface area contributed by atoms with E-state index in [1.807, 2.05) is 0 Å². The quantitative estimate of drug-likeness (QED) is 0.588. The second-order valence-corrected chi connectivity index (χ2v) is 5.26. The summed E-state index contributed by atoms with van der Waals surface area (Å²) in [5.41, 5.74) is -0.130. The Balaban J connectivity index is 2.86. The summed E-state index contributed by atoms with van der Waals surface area (Å²) in [6.45, 7) is 4.33. The Morgan fingerprint density at radius 2 is 1.93 bits per heavy atom. The first-order valence-electron chi connectivity index (χ1n) is 5.37. The van der Waals surface area contributed by atoms with Crippen LogP contribution >= 0.6 is 22.6 Å². The van der Waals surface area contributed by atoms with Gasteiger partial charge in [0.2, 0.25) is 0 Å². The summed E-state index contributed by atoms with van der Waals surface area (Å²) in [6, 6.07) is 0.458. The number of ketones is 1. The van der Waals surface area contributed by atoms with Crippen LogP contribution in [0.5, 0.6) is 0 Å². The van der Waals surface area contributed by atoms with Crippen LogP contribution in [0.15, 0.2) is 0 Å². The number of carbonyl (C=O) groups is 1. The number of Topliss-reactive ketones (excluding diaryl/α,β-unsaturated/α-hetero) is 1. The predicted molar refractivity (Wildman–Crippen MR) is 68.0 cm³/mol. The van der Waals surface area contributed by atoms with Gasteiger partial charge in [0, 0.05) is 6.04 Å². The van der Waals surface area contributed by atoms with E-state index in [0.29, 0.717) is 16.3 Å². The highest BCUT2D eigenvalue weighted by atomic mass is 127. The first-order chi connectivity index (χ1) is 6.54. The average Bonchev–Trinajstić information content (AvgIpc) is 2.65. The van der Waals surface area contributed by atoms with Crippen LogP contribution in [-0.2, 0) is 4.79 Å². The van der Waals surface area contributed by atoms with Crippen molar-refractivity contribution in [2.24, 2.45) is 0 Å². The number of hydrogen-bond acceptors (Lipinski definition) is 2. The van der Waals surface area contributed by atoms with Crippen LogP contribution in [-0.4, -0.2) is 33.7 Å². The molecule has 3 heteroatoms. The maximum atomic E-state index is 12.0. The molecule has 0 aromatic rings. The molecule has 1 rings (SSSR count). The number of likely N-dealkylation sites (N-methyl/N-ethyl adjacent to an activating group) is 1. The van der Waals surface area contributed by atoms with Gasteiger partial charge in [-0.25, -0.2) is 0 Å². The Morgan fingerprint density at radius 1 is 1.43 bits per heavy atom. The lowest BCUT2D eigenvalue weighted by atomic mass is 9.90. The molecule has 0 atom stereocenters. The molecule has 2 nitrogen and oxygen atoms in total. The number of carbonyl (C=O) groups excluding carboxylic acids is 1. The average molecular weight is 309 g/mol. The van der Waals surface area contributed by atoms with Crippen molar-refractivity contribution in [3.63, 3.8) is 0 Å². The van der Waals surface area contributed by atoms with Gasteiger partial charge in [-0.3, -0.25) is 9.69 Å². The van der Waals surface area contributed by atoms with Crippen LogP contribution in [0.3, 0.4) is 0 Å². The standard InChI is InChI=1S/C11H20INO/c1-9(2)13(3)11(10(14)8-12)6-4-5-7-11/h9H,4-8H2,1-3H3. The van der Waals surface area contributed by atoms with E-state index in [0.717, 1.165) is 12.8 Å². The lowest BCUT2D eigenvalue weighted by Gasteiger charge is -2.39. The van der Waals surface area contributed by atoms with Gasteiger partial charge < -0.3 is 0 Å². The highest BCUT2D eigenvalue weighted by Gasteiger charge is 2.44. The number of rotatable bonds is 4. The van der Waals surface area contributed by atoms with Crippen molar-refractivity contribution in [3.8, 4) is 0 Å². The number of halogens is 1. The lowest BCUT2D eigenvalue weighted by Crippen LogP contribution is -2.54. The Labute approximate surface area is 101 Å². The van der Waals surface area contributed by atoms with E-state index < -0.39 is 0 Å².